The molecule has 0 bridgehead atoms. The quantitative estimate of drug-likeness (QED) is 0.355. The molecule has 10 nitrogen and oxygen atoms in total. The molecule has 0 amide bonds. The smallest absolute Gasteiger partial charge is 0.295 e. The van der Waals surface area contributed by atoms with Crippen LogP contribution >= 0.6 is 0 Å². The molecule has 1 saturated heterocycles. The van der Waals surface area contributed by atoms with Crippen LogP contribution in [0.2, 0.25) is 0 Å². The van der Waals surface area contributed by atoms with Crippen LogP contribution in [0, 0.1) is 10.1 Å². The fraction of sp³-hybridized carbons (Fsp3) is 0.350. The second-order valence-electron chi connectivity index (χ2n) is 6.76. The number of nitro benzene ring substituents is 1. The number of hydrazone groups is 1. The highest BCUT2D eigenvalue weighted by molar-refractivity contribution is 7.89. The van der Waals surface area contributed by atoms with E-state index < -0.39 is 14.9 Å². The van der Waals surface area contributed by atoms with E-state index in [0.29, 0.717) is 36.8 Å². The van der Waals surface area contributed by atoms with E-state index in [1.165, 1.54) is 29.8 Å². The van der Waals surface area contributed by atoms with Gasteiger partial charge in [-0.15, -0.1) is 0 Å². The topological polar surface area (TPSA) is 123 Å². The average molecular weight is 449 g/mol. The molecule has 0 spiro atoms. The van der Waals surface area contributed by atoms with Crippen LogP contribution in [0.3, 0.4) is 0 Å². The average Bonchev–Trinajstić information content (AvgIpc) is 3.30. The van der Waals surface area contributed by atoms with Gasteiger partial charge in [0.15, 0.2) is 11.5 Å². The van der Waals surface area contributed by atoms with Crippen LogP contribution in [0.5, 0.6) is 11.5 Å². The molecule has 3 rings (SSSR count). The predicted molar refractivity (Wildman–Crippen MR) is 116 cm³/mol. The van der Waals surface area contributed by atoms with Gasteiger partial charge in [-0.25, -0.2) is 8.42 Å². The molecular formula is C20H24N4O6S. The largest absolute Gasteiger partial charge is 0.493 e. The summed E-state index contributed by atoms with van der Waals surface area (Å²) < 4.78 is 37.5. The van der Waals surface area contributed by atoms with Crippen LogP contribution < -0.4 is 14.9 Å². The van der Waals surface area contributed by atoms with Crippen LogP contribution in [0.4, 0.5) is 11.4 Å². The Labute approximate surface area is 180 Å². The summed E-state index contributed by atoms with van der Waals surface area (Å²) in [5.74, 6) is 1.13. The summed E-state index contributed by atoms with van der Waals surface area (Å²) in [6.45, 7) is 3.21. The standard InChI is InChI=1S/C20H24N4O6S/c1-3-30-19-9-6-15(12-20(19)29-2)14-21-22-17-8-7-16(13-18(17)24(25)26)31(27,28)23-10-4-5-11-23/h6-9,12-14,22H,3-5,10-11H2,1-2H3/b21-14-. The zero-order valence-electron chi connectivity index (χ0n) is 17.3. The number of nitrogens with zero attached hydrogens (tertiary/aromatic N) is 3. The van der Waals surface area contributed by atoms with E-state index >= 15 is 0 Å². The third kappa shape index (κ3) is 5.12. The maximum absolute atomic E-state index is 12.7. The summed E-state index contributed by atoms with van der Waals surface area (Å²) in [6, 6.07) is 8.97. The lowest BCUT2D eigenvalue weighted by atomic mass is 10.2. The fourth-order valence-electron chi connectivity index (χ4n) is 3.21. The number of nitro groups is 1. The van der Waals surface area contributed by atoms with Crippen molar-refractivity contribution in [3.63, 3.8) is 0 Å². The summed E-state index contributed by atoms with van der Waals surface area (Å²) in [7, 11) is -2.23. The molecule has 0 atom stereocenters. The number of hydrogen-bond donors (Lipinski definition) is 1. The molecule has 1 fully saturated rings. The highest BCUT2D eigenvalue weighted by Gasteiger charge is 2.29. The van der Waals surface area contributed by atoms with E-state index in [-0.39, 0.29) is 16.3 Å². The van der Waals surface area contributed by atoms with E-state index in [4.69, 9.17) is 9.47 Å². The minimum absolute atomic E-state index is 0.0829. The minimum atomic E-state index is -3.75. The first kappa shape index (κ1) is 22.5. The van der Waals surface area contributed by atoms with Gasteiger partial charge in [0.2, 0.25) is 10.0 Å². The summed E-state index contributed by atoms with van der Waals surface area (Å²) >= 11 is 0. The number of nitrogens with one attached hydrogen (secondary N) is 1. The fourth-order valence-corrected chi connectivity index (χ4v) is 4.75. The Hall–Kier alpha value is -3.18. The number of sulfonamides is 1. The second kappa shape index (κ2) is 9.75. The molecule has 1 N–H and O–H groups in total. The monoisotopic (exact) mass is 448 g/mol. The summed E-state index contributed by atoms with van der Waals surface area (Å²) in [5, 5.41) is 15.6. The van der Waals surface area contributed by atoms with Gasteiger partial charge in [0, 0.05) is 19.2 Å². The van der Waals surface area contributed by atoms with Gasteiger partial charge in [0.05, 0.1) is 29.8 Å². The lowest BCUT2D eigenvalue weighted by molar-refractivity contribution is -0.384. The van der Waals surface area contributed by atoms with Crippen LogP contribution in [0.15, 0.2) is 46.4 Å². The number of hydrogen-bond acceptors (Lipinski definition) is 8. The Kier molecular flexibility index (Phi) is 7.08. The Morgan fingerprint density at radius 1 is 1.19 bits per heavy atom. The molecule has 0 unspecified atom stereocenters. The first-order chi connectivity index (χ1) is 14.9. The van der Waals surface area contributed by atoms with E-state index in [1.54, 1.807) is 18.2 Å². The molecule has 1 aliphatic rings. The normalized spacial score (nSPS) is 14.6. The SMILES string of the molecule is CCOc1ccc(/C=N\Nc2ccc(S(=O)(=O)N3CCCC3)cc2[N+](=O)[O-])cc1OC. The van der Waals surface area contributed by atoms with E-state index in [1.807, 2.05) is 6.92 Å². The molecule has 2 aromatic carbocycles. The molecule has 0 aromatic heterocycles. The van der Waals surface area contributed by atoms with Crippen molar-refractivity contribution >= 4 is 27.6 Å². The van der Waals surface area contributed by atoms with Gasteiger partial charge in [-0.2, -0.15) is 9.41 Å². The summed E-state index contributed by atoms with van der Waals surface area (Å²) in [5.41, 5.74) is 3.01. The van der Waals surface area contributed by atoms with E-state index in [9.17, 15) is 18.5 Å². The van der Waals surface area contributed by atoms with Gasteiger partial charge in [0.25, 0.3) is 5.69 Å². The number of methoxy groups -OCH3 is 1. The maximum Gasteiger partial charge on any atom is 0.295 e. The van der Waals surface area contributed by atoms with Crippen molar-refractivity contribution in [3.05, 3.63) is 52.1 Å². The minimum Gasteiger partial charge on any atom is -0.493 e. The summed E-state index contributed by atoms with van der Waals surface area (Å²) in [6.07, 6.45) is 3.04. The lowest BCUT2D eigenvalue weighted by Crippen LogP contribution is -2.27. The van der Waals surface area contributed by atoms with Gasteiger partial charge in [-0.3, -0.25) is 15.5 Å². The third-order valence-corrected chi connectivity index (χ3v) is 6.65. The van der Waals surface area contributed by atoms with Crippen LogP contribution in [-0.2, 0) is 10.0 Å². The van der Waals surface area contributed by atoms with Crippen molar-refractivity contribution in [2.24, 2.45) is 5.10 Å². The molecule has 0 saturated carbocycles. The Morgan fingerprint density at radius 3 is 2.58 bits per heavy atom. The van der Waals surface area contributed by atoms with Crippen LogP contribution in [0.1, 0.15) is 25.3 Å². The molecule has 1 heterocycles. The number of rotatable bonds is 9. The second-order valence-corrected chi connectivity index (χ2v) is 8.70. The molecular weight excluding hydrogens is 424 g/mol. The highest BCUT2D eigenvalue weighted by atomic mass is 32.2. The van der Waals surface area contributed by atoms with Crippen molar-refractivity contribution in [1.29, 1.82) is 0 Å². The molecule has 31 heavy (non-hydrogen) atoms. The van der Waals surface area contributed by atoms with Gasteiger partial charge in [-0.05, 0) is 55.7 Å². The van der Waals surface area contributed by atoms with Gasteiger partial charge < -0.3 is 9.47 Å². The van der Waals surface area contributed by atoms with Crippen molar-refractivity contribution in [1.82, 2.24) is 4.31 Å². The highest BCUT2D eigenvalue weighted by Crippen LogP contribution is 2.30. The Bertz CT molecular complexity index is 1080. The van der Waals surface area contributed by atoms with Crippen LogP contribution in [-0.4, -0.2) is 50.7 Å². The number of benzene rings is 2. The summed E-state index contributed by atoms with van der Waals surface area (Å²) in [4.78, 5) is 10.8. The molecule has 2 aromatic rings. The number of ether oxygens (including phenoxy) is 2. The van der Waals surface area contributed by atoms with Crippen molar-refractivity contribution < 1.29 is 22.8 Å². The Morgan fingerprint density at radius 2 is 1.94 bits per heavy atom. The van der Waals surface area contributed by atoms with Crippen LogP contribution in [0.25, 0.3) is 0 Å². The molecule has 166 valence electrons. The third-order valence-electron chi connectivity index (χ3n) is 4.75. The van der Waals surface area contributed by atoms with E-state index in [0.717, 1.165) is 18.9 Å². The Balaban J connectivity index is 1.81. The van der Waals surface area contributed by atoms with E-state index in [2.05, 4.69) is 10.5 Å². The van der Waals surface area contributed by atoms with Gasteiger partial charge in [0.1, 0.15) is 5.69 Å². The maximum atomic E-state index is 12.7. The zero-order valence-corrected chi connectivity index (χ0v) is 18.1. The molecule has 11 heteroatoms. The molecule has 0 aliphatic carbocycles. The lowest BCUT2D eigenvalue weighted by Gasteiger charge is -2.15. The zero-order chi connectivity index (χ0) is 22.4. The predicted octanol–water partition coefficient (Wildman–Crippen LogP) is 3.23. The van der Waals surface area contributed by atoms with Gasteiger partial charge in [-0.1, -0.05) is 0 Å². The van der Waals surface area contributed by atoms with Crippen molar-refractivity contribution in [3.8, 4) is 11.5 Å². The van der Waals surface area contributed by atoms with Gasteiger partial charge >= 0.3 is 0 Å². The van der Waals surface area contributed by atoms with Crippen molar-refractivity contribution in [2.75, 3.05) is 32.2 Å². The van der Waals surface area contributed by atoms with Crippen molar-refractivity contribution in [2.45, 2.75) is 24.7 Å². The first-order valence-corrected chi connectivity index (χ1v) is 11.2. The molecule has 0 radical (unpaired) electrons. The first-order valence-electron chi connectivity index (χ1n) is 9.75. The molecule has 1 aliphatic heterocycles. The number of anilines is 1.